The van der Waals surface area contributed by atoms with Crippen LogP contribution in [0, 0.1) is 0 Å². The van der Waals surface area contributed by atoms with E-state index in [1.807, 2.05) is 0 Å². The minimum Gasteiger partial charge on any atom is -0.432 e. The van der Waals surface area contributed by atoms with Crippen molar-refractivity contribution in [1.82, 2.24) is 34.9 Å². The maximum Gasteiger partial charge on any atom is 0.414 e. The lowest BCUT2D eigenvalue weighted by molar-refractivity contribution is -0.130. The minimum absolute atomic E-state index is 0.0826. The fourth-order valence-electron chi connectivity index (χ4n) is 2.96. The summed E-state index contributed by atoms with van der Waals surface area (Å²) < 4.78 is 2.79. The predicted octanol–water partition coefficient (Wildman–Crippen LogP) is -3.89. The van der Waals surface area contributed by atoms with Gasteiger partial charge in [0.1, 0.15) is 12.1 Å². The summed E-state index contributed by atoms with van der Waals surface area (Å²) in [6, 6.07) is -2.40. The lowest BCUT2D eigenvalue weighted by Crippen LogP contribution is -2.55. The molecule has 0 aliphatic heterocycles. The number of nitrogens with two attached hydrogens (primary N) is 1. The fourth-order valence-corrected chi connectivity index (χ4v) is 2.96. The minimum atomic E-state index is -1.20. The Morgan fingerprint density at radius 2 is 1.44 bits per heavy atom. The van der Waals surface area contributed by atoms with Crippen LogP contribution in [0.3, 0.4) is 0 Å². The molecule has 0 spiro atoms. The Bertz CT molecular complexity index is 1030. The zero-order valence-electron chi connectivity index (χ0n) is 18.7. The van der Waals surface area contributed by atoms with Crippen molar-refractivity contribution in [3.05, 3.63) is 36.4 Å². The molecule has 2 atom stereocenters. The summed E-state index contributed by atoms with van der Waals surface area (Å²) in [5.74, 6) is -3.21. The van der Waals surface area contributed by atoms with Crippen LogP contribution in [0.1, 0.15) is 11.4 Å². The molecule has 14 nitrogen and oxygen atoms in total. The van der Waals surface area contributed by atoms with Crippen molar-refractivity contribution in [2.24, 2.45) is 5.73 Å². The van der Waals surface area contributed by atoms with E-state index in [0.29, 0.717) is 11.4 Å². The second-order valence-corrected chi connectivity index (χ2v) is 7.60. The van der Waals surface area contributed by atoms with Crippen LogP contribution < -0.4 is 21.7 Å². The van der Waals surface area contributed by atoms with Crippen molar-refractivity contribution in [2.75, 3.05) is 6.54 Å². The van der Waals surface area contributed by atoms with Gasteiger partial charge in [0.05, 0.1) is 30.6 Å². The molecule has 2 heterocycles. The van der Waals surface area contributed by atoms with E-state index in [9.17, 15) is 29.2 Å². The summed E-state index contributed by atoms with van der Waals surface area (Å²) in [5, 5.41) is 26.4. The molecule has 178 valence electrons. The number of imidazole rings is 2. The molecular formula is C17H25B3N8O6. The number of hydrogen-bond donors (Lipinski definition) is 6. The van der Waals surface area contributed by atoms with Gasteiger partial charge in [-0.3, -0.25) is 19.2 Å². The Hall–Kier alpha value is -3.59. The first-order chi connectivity index (χ1) is 16.0. The first-order valence-electron chi connectivity index (χ1n) is 10.3. The highest BCUT2D eigenvalue weighted by molar-refractivity contribution is 6.57. The standard InChI is InChI=1S/C17H25B3N8O6/c1-19(33)27-6-10(23-8-27)3-12(15(30)22-5-14(21)29)25-16(31)13(26-17(18)32)4-11-7-28(9-24-11)20(2)34/h6-9,12-13,33-34H,3-5H2,1-2H3,(H2,21,29)(H,22,30)(H,25,31)(H,26,32). The molecule has 2 aromatic heterocycles. The van der Waals surface area contributed by atoms with Gasteiger partial charge in [0.25, 0.3) is 0 Å². The number of primary amides is 1. The molecule has 2 rings (SSSR count). The number of amides is 4. The third-order valence-electron chi connectivity index (χ3n) is 4.70. The predicted molar refractivity (Wildman–Crippen MR) is 123 cm³/mol. The van der Waals surface area contributed by atoms with Crippen LogP contribution >= 0.6 is 0 Å². The maximum atomic E-state index is 13.0. The van der Waals surface area contributed by atoms with Crippen LogP contribution in [0.15, 0.2) is 25.0 Å². The van der Waals surface area contributed by atoms with Gasteiger partial charge in [-0.1, -0.05) is 0 Å². The van der Waals surface area contributed by atoms with Gasteiger partial charge in [0, 0.05) is 25.2 Å². The second kappa shape index (κ2) is 12.0. The molecule has 2 unspecified atom stereocenters. The van der Waals surface area contributed by atoms with Gasteiger partial charge in [-0.25, -0.2) is 9.97 Å². The van der Waals surface area contributed by atoms with Crippen LogP contribution in [-0.4, -0.2) is 93.1 Å². The molecule has 0 aliphatic carbocycles. The number of rotatable bonds is 12. The summed E-state index contributed by atoms with van der Waals surface area (Å²) in [5.41, 5.74) is 5.82. The van der Waals surface area contributed by atoms with Crippen molar-refractivity contribution in [1.29, 1.82) is 0 Å². The highest BCUT2D eigenvalue weighted by Crippen LogP contribution is 2.06. The van der Waals surface area contributed by atoms with E-state index < -0.39 is 56.3 Å². The van der Waals surface area contributed by atoms with Crippen molar-refractivity contribution in [3.63, 3.8) is 0 Å². The zero-order chi connectivity index (χ0) is 25.4. The third kappa shape index (κ3) is 8.08. The van der Waals surface area contributed by atoms with Gasteiger partial charge in [0.2, 0.25) is 25.6 Å². The van der Waals surface area contributed by atoms with E-state index in [1.54, 1.807) is 0 Å². The first kappa shape index (κ1) is 26.7. The Labute approximate surface area is 197 Å². The maximum absolute atomic E-state index is 13.0. The number of nitrogens with zero attached hydrogens (tertiary/aromatic N) is 4. The summed E-state index contributed by atoms with van der Waals surface area (Å²) in [6.45, 7) is 2.59. The molecule has 0 saturated carbocycles. The van der Waals surface area contributed by atoms with E-state index in [4.69, 9.17) is 13.6 Å². The van der Waals surface area contributed by atoms with E-state index >= 15 is 0 Å². The lowest BCUT2D eigenvalue weighted by atomic mass is 9.88. The summed E-state index contributed by atoms with van der Waals surface area (Å²) in [7, 11) is 3.49. The number of hydrogen-bond acceptors (Lipinski definition) is 8. The van der Waals surface area contributed by atoms with E-state index in [-0.39, 0.29) is 12.8 Å². The quantitative estimate of drug-likeness (QED) is 0.169. The third-order valence-corrected chi connectivity index (χ3v) is 4.70. The van der Waals surface area contributed by atoms with Crippen molar-refractivity contribution >= 4 is 45.5 Å². The SMILES string of the molecule is [B]C(=O)NC(Cc1cn(B(C)O)cn1)C(=O)NC(Cc1cn(B(C)O)cn1)C(=O)NCC(N)=O. The topological polar surface area (TPSA) is 206 Å². The molecule has 4 amide bonds. The first-order valence-corrected chi connectivity index (χ1v) is 10.3. The van der Waals surface area contributed by atoms with E-state index in [0.717, 1.165) is 0 Å². The molecule has 0 bridgehead atoms. The largest absolute Gasteiger partial charge is 0.432 e. The molecular weight excluding hydrogens is 445 g/mol. The summed E-state index contributed by atoms with van der Waals surface area (Å²) in [4.78, 5) is 56.3. The number of carbonyl (C=O) groups excluding carboxylic acids is 4. The molecule has 2 radical (unpaired) electrons. The fraction of sp³-hybridized carbons (Fsp3) is 0.412. The Morgan fingerprint density at radius 3 is 1.82 bits per heavy atom. The highest BCUT2D eigenvalue weighted by atomic mass is 16.2. The molecule has 0 saturated heterocycles. The average Bonchev–Trinajstić information content (AvgIpc) is 3.40. The van der Waals surface area contributed by atoms with Crippen LogP contribution in [0.4, 0.5) is 4.79 Å². The smallest absolute Gasteiger partial charge is 0.414 e. The van der Waals surface area contributed by atoms with Crippen molar-refractivity contribution in [2.45, 2.75) is 38.6 Å². The van der Waals surface area contributed by atoms with Gasteiger partial charge in [0.15, 0.2) is 5.81 Å². The Morgan fingerprint density at radius 1 is 0.971 bits per heavy atom. The molecule has 0 fully saturated rings. The lowest BCUT2D eigenvalue weighted by Gasteiger charge is -2.22. The molecule has 34 heavy (non-hydrogen) atoms. The van der Waals surface area contributed by atoms with E-state index in [1.165, 1.54) is 47.7 Å². The molecule has 17 heteroatoms. The number of nitrogens with one attached hydrogen (secondary N) is 3. The van der Waals surface area contributed by atoms with Gasteiger partial charge >= 0.3 is 14.1 Å². The normalized spacial score (nSPS) is 12.4. The Kier molecular flexibility index (Phi) is 9.44. The summed E-state index contributed by atoms with van der Waals surface area (Å²) in [6.07, 6.45) is 5.53. The average molecular weight is 470 g/mol. The molecule has 2 aromatic rings. The van der Waals surface area contributed by atoms with Gasteiger partial charge in [-0.2, -0.15) is 0 Å². The Balaban J connectivity index is 2.20. The number of aromatic nitrogens is 4. The summed E-state index contributed by atoms with van der Waals surface area (Å²) >= 11 is 0. The zero-order valence-corrected chi connectivity index (χ0v) is 18.7. The monoisotopic (exact) mass is 470 g/mol. The van der Waals surface area contributed by atoms with Crippen LogP contribution in [-0.2, 0) is 27.2 Å². The number of carbonyl (C=O) groups is 4. The highest BCUT2D eigenvalue weighted by Gasteiger charge is 2.28. The van der Waals surface area contributed by atoms with Gasteiger partial charge < -0.3 is 40.7 Å². The molecule has 7 N–H and O–H groups in total. The van der Waals surface area contributed by atoms with Crippen molar-refractivity contribution in [3.8, 4) is 0 Å². The molecule has 0 aromatic carbocycles. The second-order valence-electron chi connectivity index (χ2n) is 7.60. The van der Waals surface area contributed by atoms with Gasteiger partial charge in [-0.05, 0) is 13.6 Å². The van der Waals surface area contributed by atoms with Crippen LogP contribution in [0.2, 0.25) is 13.6 Å². The van der Waals surface area contributed by atoms with Crippen molar-refractivity contribution < 1.29 is 29.2 Å². The van der Waals surface area contributed by atoms with E-state index in [2.05, 4.69) is 25.9 Å². The molecule has 0 aliphatic rings. The van der Waals surface area contributed by atoms with Crippen LogP contribution in [0.5, 0.6) is 0 Å². The van der Waals surface area contributed by atoms with Crippen LogP contribution in [0.25, 0.3) is 0 Å². The van der Waals surface area contributed by atoms with Gasteiger partial charge in [-0.15, -0.1) is 0 Å².